The molecule has 2 amide bonds. The number of carbonyl (C=O) groups excluding carboxylic acids is 2. The molecule has 0 aliphatic carbocycles. The maximum atomic E-state index is 13.9. The van der Waals surface area contributed by atoms with E-state index in [9.17, 15) is 19.7 Å². The van der Waals surface area contributed by atoms with Crippen LogP contribution in [0.25, 0.3) is 0 Å². The highest BCUT2D eigenvalue weighted by molar-refractivity contribution is 7.10. The predicted molar refractivity (Wildman–Crippen MR) is 143 cm³/mol. The lowest BCUT2D eigenvalue weighted by Gasteiger charge is -2.30. The molecule has 0 saturated heterocycles. The quantitative estimate of drug-likeness (QED) is 0.206. The second kappa shape index (κ2) is 11.9. The van der Waals surface area contributed by atoms with Crippen LogP contribution < -0.4 is 15.0 Å². The molecule has 0 aliphatic heterocycles. The summed E-state index contributed by atoms with van der Waals surface area (Å²) in [5.74, 6) is -1.16. The van der Waals surface area contributed by atoms with Crippen LogP contribution in [-0.4, -0.2) is 35.5 Å². The molecule has 1 atom stereocenters. The van der Waals surface area contributed by atoms with Crippen molar-refractivity contribution < 1.29 is 23.8 Å². The Morgan fingerprint density at radius 3 is 2.61 bits per heavy atom. The van der Waals surface area contributed by atoms with Crippen molar-refractivity contribution in [3.8, 4) is 5.75 Å². The van der Waals surface area contributed by atoms with Gasteiger partial charge in [-0.25, -0.2) is 0 Å². The Labute approximate surface area is 226 Å². The molecule has 0 fully saturated rings. The van der Waals surface area contributed by atoms with Crippen molar-refractivity contribution in [2.24, 2.45) is 0 Å². The normalized spacial score (nSPS) is 11.6. The highest BCUT2D eigenvalue weighted by Crippen LogP contribution is 2.37. The number of ether oxygens (including phenoxy) is 1. The summed E-state index contributed by atoms with van der Waals surface area (Å²) >= 11 is 7.63. The molecular formula is C26H23ClN4O6S. The molecule has 0 bridgehead atoms. The Bertz CT molecular complexity index is 1440. The zero-order chi connectivity index (χ0) is 27.2. The summed E-state index contributed by atoms with van der Waals surface area (Å²) in [5.41, 5.74) is 0.142. The minimum Gasteiger partial charge on any atom is -0.495 e. The Kier molecular flexibility index (Phi) is 8.39. The summed E-state index contributed by atoms with van der Waals surface area (Å²) in [6.07, 6.45) is 0.569. The van der Waals surface area contributed by atoms with Gasteiger partial charge >= 0.3 is 5.69 Å². The first-order chi connectivity index (χ1) is 18.3. The predicted octanol–water partition coefficient (Wildman–Crippen LogP) is 5.36. The first-order valence-electron chi connectivity index (χ1n) is 11.4. The standard InChI is InChI=1S/C26H23ClN4O6S/c1-16-23(31(34)35)22(29-37-16)26(33)30(18-10-11-20(36-2)19(27)15-18)24(21-9-6-14-38-21)25(32)28-13-12-17-7-4-3-5-8-17/h3-11,14-15,24H,12-13H2,1-2H3,(H,28,32). The maximum absolute atomic E-state index is 13.9. The largest absolute Gasteiger partial charge is 0.495 e. The summed E-state index contributed by atoms with van der Waals surface area (Å²) in [7, 11) is 1.44. The number of nitro groups is 1. The zero-order valence-corrected chi connectivity index (χ0v) is 22.0. The Hall–Kier alpha value is -4.22. The lowest BCUT2D eigenvalue weighted by molar-refractivity contribution is -0.386. The zero-order valence-electron chi connectivity index (χ0n) is 20.4. The molecule has 0 saturated carbocycles. The fourth-order valence-electron chi connectivity index (χ4n) is 3.92. The van der Waals surface area contributed by atoms with Gasteiger partial charge in [-0.15, -0.1) is 11.3 Å². The molecule has 2 heterocycles. The number of aryl methyl sites for hydroxylation is 1. The van der Waals surface area contributed by atoms with E-state index in [0.29, 0.717) is 23.6 Å². The molecule has 38 heavy (non-hydrogen) atoms. The van der Waals surface area contributed by atoms with E-state index in [2.05, 4.69) is 10.5 Å². The number of benzene rings is 2. The monoisotopic (exact) mass is 554 g/mol. The van der Waals surface area contributed by atoms with Gasteiger partial charge < -0.3 is 14.6 Å². The van der Waals surface area contributed by atoms with Crippen LogP contribution >= 0.6 is 22.9 Å². The summed E-state index contributed by atoms with van der Waals surface area (Å²) < 4.78 is 10.2. The molecule has 1 N–H and O–H groups in total. The van der Waals surface area contributed by atoms with Crippen molar-refractivity contribution in [2.75, 3.05) is 18.6 Å². The molecule has 12 heteroatoms. The summed E-state index contributed by atoms with van der Waals surface area (Å²) in [4.78, 5) is 40.3. The minimum absolute atomic E-state index is 0.133. The molecule has 4 rings (SSSR count). The molecule has 0 spiro atoms. The van der Waals surface area contributed by atoms with Crippen molar-refractivity contribution in [3.63, 3.8) is 0 Å². The summed E-state index contributed by atoms with van der Waals surface area (Å²) in [6, 6.07) is 16.4. The molecule has 0 aliphatic rings. The highest BCUT2D eigenvalue weighted by Gasteiger charge is 2.40. The van der Waals surface area contributed by atoms with Crippen LogP contribution in [0, 0.1) is 17.0 Å². The third-order valence-corrected chi connectivity index (χ3v) is 6.94. The van der Waals surface area contributed by atoms with Crippen molar-refractivity contribution in [3.05, 3.63) is 103 Å². The number of nitrogens with one attached hydrogen (secondary N) is 1. The smallest absolute Gasteiger partial charge is 0.344 e. The molecule has 0 radical (unpaired) electrons. The van der Waals surface area contributed by atoms with E-state index >= 15 is 0 Å². The second-order valence-electron chi connectivity index (χ2n) is 8.13. The first-order valence-corrected chi connectivity index (χ1v) is 12.7. The van der Waals surface area contributed by atoms with Crippen LogP contribution in [0.2, 0.25) is 5.02 Å². The van der Waals surface area contributed by atoms with Gasteiger partial charge in [-0.3, -0.25) is 24.6 Å². The van der Waals surface area contributed by atoms with E-state index in [1.165, 1.54) is 31.4 Å². The molecule has 2 aromatic carbocycles. The molecule has 4 aromatic rings. The van der Waals surface area contributed by atoms with Gasteiger partial charge in [0.25, 0.3) is 5.91 Å². The van der Waals surface area contributed by atoms with Gasteiger partial charge in [-0.05, 0) is 41.6 Å². The van der Waals surface area contributed by atoms with E-state index in [4.69, 9.17) is 20.9 Å². The number of amides is 2. The molecule has 196 valence electrons. The molecule has 1 unspecified atom stereocenters. The average molecular weight is 555 g/mol. The second-order valence-corrected chi connectivity index (χ2v) is 9.52. The number of carbonyl (C=O) groups is 2. The van der Waals surface area contributed by atoms with Crippen molar-refractivity contribution >= 4 is 46.1 Å². The number of thiophene rings is 1. The van der Waals surface area contributed by atoms with E-state index in [1.54, 1.807) is 29.6 Å². The third kappa shape index (κ3) is 5.68. The van der Waals surface area contributed by atoms with Gasteiger partial charge in [0, 0.05) is 24.0 Å². The van der Waals surface area contributed by atoms with Crippen LogP contribution in [0.3, 0.4) is 0 Å². The number of nitrogens with zero attached hydrogens (tertiary/aromatic N) is 3. The van der Waals surface area contributed by atoms with Crippen molar-refractivity contribution in [2.45, 2.75) is 19.4 Å². The topological polar surface area (TPSA) is 128 Å². The summed E-state index contributed by atoms with van der Waals surface area (Å²) in [6.45, 7) is 1.64. The Morgan fingerprint density at radius 1 is 1.21 bits per heavy atom. The average Bonchev–Trinajstić information content (AvgIpc) is 3.57. The fraction of sp³-hybridized carbons (Fsp3) is 0.192. The van der Waals surface area contributed by atoms with Crippen LogP contribution in [-0.2, 0) is 11.2 Å². The van der Waals surface area contributed by atoms with Crippen LogP contribution in [0.5, 0.6) is 5.75 Å². The van der Waals surface area contributed by atoms with Gasteiger partial charge in [0.1, 0.15) is 5.75 Å². The van der Waals surface area contributed by atoms with Crippen molar-refractivity contribution in [1.29, 1.82) is 0 Å². The lowest BCUT2D eigenvalue weighted by Crippen LogP contribution is -2.44. The van der Waals surface area contributed by atoms with E-state index in [0.717, 1.165) is 10.5 Å². The minimum atomic E-state index is -1.18. The Balaban J connectivity index is 1.77. The van der Waals surface area contributed by atoms with E-state index < -0.39 is 34.2 Å². The van der Waals surface area contributed by atoms with E-state index in [1.807, 2.05) is 30.3 Å². The van der Waals surface area contributed by atoms with Crippen molar-refractivity contribution in [1.82, 2.24) is 10.5 Å². The molecule has 10 nitrogen and oxygen atoms in total. The SMILES string of the molecule is COc1ccc(N(C(=O)c2noc(C)c2[N+](=O)[O-])C(C(=O)NCCc2ccccc2)c2cccs2)cc1Cl. The van der Waals surface area contributed by atoms with Gasteiger partial charge in [0.2, 0.25) is 17.4 Å². The lowest BCUT2D eigenvalue weighted by atomic mass is 10.1. The van der Waals surface area contributed by atoms with Crippen LogP contribution in [0.4, 0.5) is 11.4 Å². The van der Waals surface area contributed by atoms with Crippen LogP contribution in [0.15, 0.2) is 70.6 Å². The summed E-state index contributed by atoms with van der Waals surface area (Å²) in [5, 5.41) is 20.3. The number of hydrogen-bond donors (Lipinski definition) is 1. The van der Waals surface area contributed by atoms with Gasteiger partial charge in [0.05, 0.1) is 17.1 Å². The number of aromatic nitrogens is 1. The number of rotatable bonds is 10. The highest BCUT2D eigenvalue weighted by atomic mass is 35.5. The molecular weight excluding hydrogens is 532 g/mol. The fourth-order valence-corrected chi connectivity index (χ4v) is 4.98. The number of anilines is 1. The number of halogens is 1. The van der Waals surface area contributed by atoms with Gasteiger partial charge in [-0.1, -0.05) is 53.2 Å². The molecule has 2 aromatic heterocycles. The maximum Gasteiger partial charge on any atom is 0.344 e. The van der Waals surface area contributed by atoms with Gasteiger partial charge in [0.15, 0.2) is 6.04 Å². The Morgan fingerprint density at radius 2 is 1.97 bits per heavy atom. The number of methoxy groups -OCH3 is 1. The van der Waals surface area contributed by atoms with Gasteiger partial charge in [-0.2, -0.15) is 0 Å². The van der Waals surface area contributed by atoms with Crippen LogP contribution in [0.1, 0.15) is 32.7 Å². The first kappa shape index (κ1) is 26.8. The van der Waals surface area contributed by atoms with E-state index in [-0.39, 0.29) is 16.5 Å². The third-order valence-electron chi connectivity index (χ3n) is 5.72. The number of hydrogen-bond acceptors (Lipinski definition) is 8.